The topological polar surface area (TPSA) is 102 Å². The molecule has 1 aromatic carbocycles. The molecule has 1 rings (SSSR count). The molecule has 0 fully saturated rings. The molecule has 0 saturated heterocycles. The normalized spacial score (nSPS) is 9.53. The first-order valence-electron chi connectivity index (χ1n) is 5.44. The smallest absolute Gasteiger partial charge is 0.310 e. The van der Waals surface area contributed by atoms with Gasteiger partial charge in [-0.15, -0.1) is 0 Å². The van der Waals surface area contributed by atoms with Crippen molar-refractivity contribution in [2.75, 3.05) is 13.7 Å². The van der Waals surface area contributed by atoms with Crippen LogP contribution in [0.4, 0.5) is 5.69 Å². The minimum absolute atomic E-state index is 0.0102. The van der Waals surface area contributed by atoms with Crippen LogP contribution in [0.5, 0.6) is 5.75 Å². The summed E-state index contributed by atoms with van der Waals surface area (Å²) < 4.78 is 9.80. The Hall–Kier alpha value is -2.62. The van der Waals surface area contributed by atoms with Gasteiger partial charge in [-0.05, 0) is 6.92 Å². The quantitative estimate of drug-likeness (QED) is 0.454. The van der Waals surface area contributed by atoms with Crippen LogP contribution < -0.4 is 4.74 Å². The number of hydrogen-bond acceptors (Lipinski definition) is 6. The van der Waals surface area contributed by atoms with E-state index in [0.29, 0.717) is 0 Å². The third-order valence-corrected chi connectivity index (χ3v) is 2.33. The second-order valence-corrected chi connectivity index (χ2v) is 3.54. The van der Waals surface area contributed by atoms with E-state index in [0.717, 1.165) is 6.07 Å². The largest absolute Gasteiger partial charge is 0.495 e. The zero-order valence-electron chi connectivity index (χ0n) is 10.5. The Bertz CT molecular complexity index is 548. The first-order chi connectivity index (χ1) is 9.03. The van der Waals surface area contributed by atoms with Crippen molar-refractivity contribution in [1.29, 1.82) is 5.26 Å². The Kier molecular flexibility index (Phi) is 4.83. The highest BCUT2D eigenvalue weighted by atomic mass is 16.6. The number of methoxy groups -OCH3 is 1. The molecule has 0 unspecified atom stereocenters. The molecule has 7 nitrogen and oxygen atoms in total. The molecule has 0 N–H and O–H groups in total. The Morgan fingerprint density at radius 3 is 2.68 bits per heavy atom. The van der Waals surface area contributed by atoms with E-state index < -0.39 is 10.9 Å². The maximum atomic E-state index is 11.4. The van der Waals surface area contributed by atoms with E-state index in [1.165, 1.54) is 13.2 Å². The number of nitro groups is 1. The fourth-order valence-electron chi connectivity index (χ4n) is 1.60. The number of nitrogens with zero attached hydrogens (tertiary/aromatic N) is 2. The molecule has 0 amide bonds. The summed E-state index contributed by atoms with van der Waals surface area (Å²) in [6, 6.07) is 4.12. The standard InChI is InChI=1S/C12H12N2O5/c1-3-19-11(15)6-8-4-10(14(16)17)5-9(7-13)12(8)18-2/h4-5H,3,6H2,1-2H3. The number of carbonyl (C=O) groups excluding carboxylic acids is 1. The highest BCUT2D eigenvalue weighted by molar-refractivity contribution is 5.75. The van der Waals surface area contributed by atoms with Crippen LogP contribution >= 0.6 is 0 Å². The van der Waals surface area contributed by atoms with E-state index in [1.54, 1.807) is 13.0 Å². The Morgan fingerprint density at radius 2 is 2.21 bits per heavy atom. The summed E-state index contributed by atoms with van der Waals surface area (Å²) in [4.78, 5) is 21.6. The first kappa shape index (κ1) is 14.4. The lowest BCUT2D eigenvalue weighted by Gasteiger charge is -2.09. The second-order valence-electron chi connectivity index (χ2n) is 3.54. The average Bonchev–Trinajstić information content (AvgIpc) is 2.37. The maximum Gasteiger partial charge on any atom is 0.310 e. The van der Waals surface area contributed by atoms with Crippen molar-refractivity contribution < 1.29 is 19.2 Å². The highest BCUT2D eigenvalue weighted by Crippen LogP contribution is 2.29. The lowest BCUT2D eigenvalue weighted by molar-refractivity contribution is -0.384. The van der Waals surface area contributed by atoms with Gasteiger partial charge in [-0.25, -0.2) is 0 Å². The van der Waals surface area contributed by atoms with Crippen LogP contribution in [-0.4, -0.2) is 24.6 Å². The molecule has 0 aromatic heterocycles. The van der Waals surface area contributed by atoms with Crippen LogP contribution in [0, 0.1) is 21.4 Å². The third-order valence-electron chi connectivity index (χ3n) is 2.33. The molecule has 100 valence electrons. The predicted octanol–water partition coefficient (Wildman–Crippen LogP) is 1.58. The SMILES string of the molecule is CCOC(=O)Cc1cc([N+](=O)[O-])cc(C#N)c1OC. The molecule has 0 spiro atoms. The van der Waals surface area contributed by atoms with E-state index in [9.17, 15) is 14.9 Å². The van der Waals surface area contributed by atoms with Gasteiger partial charge in [0.15, 0.2) is 0 Å². The summed E-state index contributed by atoms with van der Waals surface area (Å²) in [6.07, 6.45) is -0.187. The summed E-state index contributed by atoms with van der Waals surface area (Å²) in [5, 5.41) is 19.7. The van der Waals surface area contributed by atoms with E-state index in [2.05, 4.69) is 0 Å². The molecule has 0 aliphatic rings. The van der Waals surface area contributed by atoms with Crippen molar-refractivity contribution in [1.82, 2.24) is 0 Å². The van der Waals surface area contributed by atoms with Crippen molar-refractivity contribution in [2.45, 2.75) is 13.3 Å². The number of nitro benzene ring substituents is 1. The number of nitriles is 1. The van der Waals surface area contributed by atoms with Gasteiger partial charge in [0.25, 0.3) is 5.69 Å². The number of carbonyl (C=O) groups is 1. The van der Waals surface area contributed by atoms with Gasteiger partial charge < -0.3 is 9.47 Å². The molecule has 0 radical (unpaired) electrons. The number of hydrogen-bond donors (Lipinski definition) is 0. The van der Waals surface area contributed by atoms with Gasteiger partial charge in [-0.2, -0.15) is 5.26 Å². The maximum absolute atomic E-state index is 11.4. The molecule has 0 atom stereocenters. The molecule has 0 aliphatic carbocycles. The van der Waals surface area contributed by atoms with Crippen LogP contribution in [0.15, 0.2) is 12.1 Å². The number of rotatable bonds is 5. The predicted molar refractivity (Wildman–Crippen MR) is 64.7 cm³/mol. The van der Waals surface area contributed by atoms with Gasteiger partial charge in [0.2, 0.25) is 0 Å². The van der Waals surface area contributed by atoms with Crippen LogP contribution in [0.2, 0.25) is 0 Å². The van der Waals surface area contributed by atoms with Gasteiger partial charge in [0.1, 0.15) is 17.4 Å². The zero-order chi connectivity index (χ0) is 14.4. The first-order valence-corrected chi connectivity index (χ1v) is 5.44. The molecule has 0 heterocycles. The zero-order valence-corrected chi connectivity index (χ0v) is 10.5. The fourth-order valence-corrected chi connectivity index (χ4v) is 1.60. The van der Waals surface area contributed by atoms with E-state index >= 15 is 0 Å². The minimum Gasteiger partial charge on any atom is -0.495 e. The lowest BCUT2D eigenvalue weighted by Crippen LogP contribution is -2.09. The Balaban J connectivity index is 3.26. The van der Waals surface area contributed by atoms with Crippen molar-refractivity contribution >= 4 is 11.7 Å². The van der Waals surface area contributed by atoms with Crippen LogP contribution in [0.25, 0.3) is 0 Å². The fraction of sp³-hybridized carbons (Fsp3) is 0.333. The van der Waals surface area contributed by atoms with Crippen molar-refractivity contribution in [3.63, 3.8) is 0 Å². The minimum atomic E-state index is -0.630. The third kappa shape index (κ3) is 3.42. The Morgan fingerprint density at radius 1 is 1.53 bits per heavy atom. The number of non-ortho nitro benzene ring substituents is 1. The Labute approximate surface area is 109 Å². The molecule has 19 heavy (non-hydrogen) atoms. The molecule has 0 saturated carbocycles. The summed E-state index contributed by atoms with van der Waals surface area (Å²) in [5.74, 6) is -0.383. The molecule has 1 aromatic rings. The second kappa shape index (κ2) is 6.35. The number of ether oxygens (including phenoxy) is 2. The van der Waals surface area contributed by atoms with Crippen LogP contribution in [0.3, 0.4) is 0 Å². The van der Waals surface area contributed by atoms with Crippen molar-refractivity contribution in [3.8, 4) is 11.8 Å². The summed E-state index contributed by atoms with van der Waals surface area (Å²) >= 11 is 0. The van der Waals surface area contributed by atoms with Gasteiger partial charge >= 0.3 is 5.97 Å². The average molecular weight is 264 g/mol. The van der Waals surface area contributed by atoms with E-state index in [-0.39, 0.29) is 35.6 Å². The van der Waals surface area contributed by atoms with Gasteiger partial charge in [-0.1, -0.05) is 0 Å². The van der Waals surface area contributed by atoms with E-state index in [1.807, 2.05) is 0 Å². The van der Waals surface area contributed by atoms with Gasteiger partial charge in [0.05, 0.1) is 25.1 Å². The molecule has 0 aliphatic heterocycles. The van der Waals surface area contributed by atoms with Crippen LogP contribution in [0.1, 0.15) is 18.1 Å². The van der Waals surface area contributed by atoms with Gasteiger partial charge in [0, 0.05) is 17.7 Å². The molecular weight excluding hydrogens is 252 g/mol. The summed E-state index contributed by atoms with van der Waals surface area (Å²) in [5.41, 5.74) is -0.000605. The van der Waals surface area contributed by atoms with Gasteiger partial charge in [-0.3, -0.25) is 14.9 Å². The summed E-state index contributed by atoms with van der Waals surface area (Å²) in [6.45, 7) is 1.87. The lowest BCUT2D eigenvalue weighted by atomic mass is 10.1. The molecule has 0 bridgehead atoms. The van der Waals surface area contributed by atoms with Crippen LogP contribution in [-0.2, 0) is 16.0 Å². The summed E-state index contributed by atoms with van der Waals surface area (Å²) in [7, 11) is 1.33. The number of benzene rings is 1. The van der Waals surface area contributed by atoms with Crippen molar-refractivity contribution in [3.05, 3.63) is 33.4 Å². The highest BCUT2D eigenvalue weighted by Gasteiger charge is 2.19. The van der Waals surface area contributed by atoms with E-state index in [4.69, 9.17) is 14.7 Å². The molecular formula is C12H12N2O5. The van der Waals surface area contributed by atoms with Crippen molar-refractivity contribution in [2.24, 2.45) is 0 Å². The number of esters is 1. The molecule has 7 heteroatoms. The monoisotopic (exact) mass is 264 g/mol.